The fourth-order valence-electron chi connectivity index (χ4n) is 11.3. The predicted octanol–water partition coefficient (Wildman–Crippen LogP) is 19.3. The van der Waals surface area contributed by atoms with Gasteiger partial charge in [0.15, 0.2) is 0 Å². The number of nitrogens with zero attached hydrogens (tertiary/aromatic N) is 1. The minimum atomic E-state index is -1.06. The first-order chi connectivity index (χ1) is 54.9. The minimum Gasteiger partial charge on any atom is -0.870 e. The maximum absolute atomic E-state index is 11.7. The van der Waals surface area contributed by atoms with Crippen LogP contribution >= 0.6 is 0 Å². The summed E-state index contributed by atoms with van der Waals surface area (Å²) >= 11 is 0. The molecule has 0 aliphatic carbocycles. The smallest absolute Gasteiger partial charge is 0.870 e. The molecule has 1 amide bonds. The first-order valence-electron chi connectivity index (χ1n) is 41.9. The molecule has 20 nitrogen and oxygen atoms in total. The van der Waals surface area contributed by atoms with Crippen LogP contribution in [0.3, 0.4) is 0 Å². The number of carbonyl (C=O) groups excluding carboxylic acids is 4. The van der Waals surface area contributed by atoms with Crippen LogP contribution in [0.2, 0.25) is 0 Å². The topological polar surface area (TPSA) is 355 Å². The SMILES string of the molecule is CC(C)(C)OC(=O)NC(CCCCCCc1ccccc1)C(=O)O.CC(C)(C)OC(=O)OC(=O)OC(C)(C)C.N#CC(N)CCCCCCc1ccccc1.NC(CCCCCCc1ccccc1)C(=O)O.O=C(O)CCCCCCc1ccccc1.O=CCCCCCCc1ccccc1.OCCCCCCCc1ccccc1.[Na+].[OH-]. The number of hydrogen-bond acceptors (Lipinski definition) is 16. The van der Waals surface area contributed by atoms with Crippen LogP contribution in [-0.2, 0) is 76.7 Å². The Morgan fingerprint density at radius 3 is 0.940 bits per heavy atom. The zero-order valence-electron chi connectivity index (χ0n) is 72.6. The van der Waals surface area contributed by atoms with E-state index in [9.17, 15) is 38.7 Å². The molecular weight excluding hydrogens is 1490 g/mol. The molecule has 0 aromatic heterocycles. The molecule has 0 spiro atoms. The molecule has 117 heavy (non-hydrogen) atoms. The molecule has 0 radical (unpaired) electrons. The van der Waals surface area contributed by atoms with Gasteiger partial charge < -0.3 is 66.4 Å². The van der Waals surface area contributed by atoms with Gasteiger partial charge in [0.2, 0.25) is 0 Å². The number of nitriles is 1. The number of aliphatic hydroxyl groups excluding tert-OH is 1. The number of aldehydes is 1. The Bertz CT molecular complexity index is 3380. The van der Waals surface area contributed by atoms with Crippen molar-refractivity contribution in [1.29, 1.82) is 5.26 Å². The number of aliphatic hydroxyl groups is 1. The van der Waals surface area contributed by atoms with Crippen LogP contribution in [0, 0.1) is 11.3 Å². The molecule has 0 saturated carbocycles. The van der Waals surface area contributed by atoms with Gasteiger partial charge in [-0.15, -0.1) is 0 Å². The number of alkyl carbamates (subject to hydrolysis) is 1. The minimum absolute atomic E-state index is 0. The number of ether oxygens (including phenoxy) is 4. The van der Waals surface area contributed by atoms with Gasteiger partial charge in [-0.2, -0.15) is 5.26 Å². The number of carbonyl (C=O) groups is 7. The van der Waals surface area contributed by atoms with Crippen molar-refractivity contribution in [2.45, 2.75) is 328 Å². The van der Waals surface area contributed by atoms with Crippen molar-refractivity contribution in [2.24, 2.45) is 11.5 Å². The molecule has 0 fully saturated rings. The van der Waals surface area contributed by atoms with Crippen molar-refractivity contribution in [1.82, 2.24) is 5.32 Å². The molecule has 646 valence electrons. The summed E-state index contributed by atoms with van der Waals surface area (Å²) in [5.41, 5.74) is 17.3. The Kier molecular flexibility index (Phi) is 71.5. The number of hydrogen-bond donors (Lipinski definition) is 7. The van der Waals surface area contributed by atoms with Crippen molar-refractivity contribution < 1.29 is 108 Å². The number of nitrogens with one attached hydrogen (secondary N) is 1. The Hall–Kier alpha value is -8.26. The standard InChI is InChI=1S/C19H29NO4.C14H20N2.C14H21NO2.C13H18O2.C13H20O.C13H18O.C10H18O5.Na.H2O/c1-19(2,3)24-18(23)20-16(17(21)22)14-10-5-4-7-11-15-12-8-6-9-13-15;15-12-14(16)11-7-2-1-4-8-13-9-5-3-6-10-13;15-13(14(16)17)11-7-2-1-4-8-12-9-5-3-6-10-12;14-13(15)11-7-2-1-4-8-12-9-5-3-6-10-12;2*14-12-8-3-1-2-5-9-13-10-6-4-7-11-13;1-9(2,3)14-7(11)13-8(12)15-10(4,5)6;;/h6,8-9,12-13,16H,4-5,7,10-11,14H2,1-3H3,(H,20,23)(H,21,22);3,5-6,9-10,14H,1-2,4,7-8,11,16H2;3,5-6,9-10,13H,1-2,4,7-8,11,15H2,(H,16,17);3,5-6,9-10H,1-2,4,7-8,11H2,(H,14,15);4,6-7,10-11,14H,1-3,5,8-9,12H2;4,6-7,10-12H,1-3,5,8-9H2;1-6H3;;1H2/q;;;;;;;+1;/p-1. The Morgan fingerprint density at radius 2 is 0.667 bits per heavy atom. The van der Waals surface area contributed by atoms with Crippen LogP contribution in [0.4, 0.5) is 14.4 Å². The molecule has 6 aromatic rings. The Balaban J connectivity index is -0.00000130. The second-order valence-electron chi connectivity index (χ2n) is 31.7. The fourth-order valence-corrected chi connectivity index (χ4v) is 11.3. The quantitative estimate of drug-likeness (QED) is 0.00466. The van der Waals surface area contributed by atoms with Crippen molar-refractivity contribution in [3.63, 3.8) is 0 Å². The number of benzene rings is 6. The summed E-state index contributed by atoms with van der Waals surface area (Å²) in [6.45, 7) is 15.6. The second-order valence-corrected chi connectivity index (χ2v) is 31.7. The number of carboxylic acid groups (broad SMARTS) is 3. The maximum atomic E-state index is 11.7. The van der Waals surface area contributed by atoms with E-state index in [1.54, 1.807) is 62.3 Å². The molecule has 0 aliphatic heterocycles. The summed E-state index contributed by atoms with van der Waals surface area (Å²) in [6.07, 6.45) is 35.5. The van der Waals surface area contributed by atoms with Crippen molar-refractivity contribution in [2.75, 3.05) is 6.61 Å². The fraction of sp³-hybridized carbons (Fsp3) is 0.542. The van der Waals surface area contributed by atoms with E-state index >= 15 is 0 Å². The van der Waals surface area contributed by atoms with Crippen molar-refractivity contribution in [3.05, 3.63) is 215 Å². The summed E-state index contributed by atoms with van der Waals surface area (Å²) < 4.78 is 18.9. The van der Waals surface area contributed by atoms with Crippen LogP contribution in [0.1, 0.15) is 288 Å². The molecule has 3 atom stereocenters. The normalized spacial score (nSPS) is 11.2. The Morgan fingerprint density at radius 1 is 0.393 bits per heavy atom. The molecule has 0 aliphatic rings. The number of carboxylic acids is 3. The van der Waals surface area contributed by atoms with E-state index in [1.165, 1.54) is 110 Å². The monoisotopic (exact) mass is 1630 g/mol. The van der Waals surface area contributed by atoms with Gasteiger partial charge in [0.05, 0.1) is 12.1 Å². The molecule has 10 N–H and O–H groups in total. The van der Waals surface area contributed by atoms with E-state index in [0.717, 1.165) is 141 Å². The number of unbranched alkanes of at least 4 members (excludes halogenated alkanes) is 20. The van der Waals surface area contributed by atoms with Crippen LogP contribution in [0.25, 0.3) is 0 Å². The second kappa shape index (κ2) is 74.1. The van der Waals surface area contributed by atoms with E-state index in [1.807, 2.05) is 42.5 Å². The van der Waals surface area contributed by atoms with Gasteiger partial charge in [0.25, 0.3) is 0 Å². The van der Waals surface area contributed by atoms with E-state index in [-0.39, 0.29) is 41.1 Å². The van der Waals surface area contributed by atoms with Gasteiger partial charge in [0.1, 0.15) is 35.2 Å². The Labute approximate surface area is 724 Å². The zero-order chi connectivity index (χ0) is 85.5. The maximum Gasteiger partial charge on any atom is 1.00 e. The largest absolute Gasteiger partial charge is 1.00 e. The molecule has 6 rings (SSSR count). The molecule has 6 aromatic carbocycles. The van der Waals surface area contributed by atoms with Gasteiger partial charge in [-0.1, -0.05) is 285 Å². The number of aliphatic carboxylic acids is 3. The van der Waals surface area contributed by atoms with Gasteiger partial charge in [-0.25, -0.2) is 19.2 Å². The first kappa shape index (κ1) is 113. The number of nitrogens with two attached hydrogens (primary N) is 2. The van der Waals surface area contributed by atoms with Crippen LogP contribution in [0.15, 0.2) is 182 Å². The van der Waals surface area contributed by atoms with E-state index < -0.39 is 65.2 Å². The van der Waals surface area contributed by atoms with Gasteiger partial charge in [0, 0.05) is 19.4 Å². The van der Waals surface area contributed by atoms with Crippen molar-refractivity contribution in [3.8, 4) is 6.07 Å². The van der Waals surface area contributed by atoms with Gasteiger partial charge >= 0.3 is 65.9 Å². The van der Waals surface area contributed by atoms with Gasteiger partial charge in [-0.3, -0.25) is 9.59 Å². The summed E-state index contributed by atoms with van der Waals surface area (Å²) in [4.78, 5) is 75.7. The third-order valence-corrected chi connectivity index (χ3v) is 17.4. The van der Waals surface area contributed by atoms with Crippen LogP contribution < -0.4 is 46.3 Å². The van der Waals surface area contributed by atoms with E-state index in [4.69, 9.17) is 46.3 Å². The van der Waals surface area contributed by atoms with Crippen molar-refractivity contribution >= 4 is 42.6 Å². The summed E-state index contributed by atoms with van der Waals surface area (Å²) in [6, 6.07) is 63.1. The summed E-state index contributed by atoms with van der Waals surface area (Å²) in [7, 11) is 0. The van der Waals surface area contributed by atoms with Gasteiger partial charge in [-0.05, 0) is 211 Å². The number of rotatable bonds is 45. The third kappa shape index (κ3) is 77.4. The average Bonchev–Trinajstić information content (AvgIpc) is 0.911. The molecule has 0 saturated heterocycles. The molecule has 0 bridgehead atoms. The number of amides is 1. The van der Waals surface area contributed by atoms with E-state index in [2.05, 4.69) is 156 Å². The number of aryl methyl sites for hydroxylation is 6. The zero-order valence-corrected chi connectivity index (χ0v) is 74.6. The molecule has 0 heterocycles. The van der Waals surface area contributed by atoms with Crippen LogP contribution in [0.5, 0.6) is 0 Å². The third-order valence-electron chi connectivity index (χ3n) is 17.4. The summed E-state index contributed by atoms with van der Waals surface area (Å²) in [5, 5.41) is 45.8. The average molecular weight is 1630 g/mol. The first-order valence-corrected chi connectivity index (χ1v) is 41.9. The predicted molar refractivity (Wildman–Crippen MR) is 466 cm³/mol. The van der Waals surface area contributed by atoms with Crippen LogP contribution in [-0.4, -0.2) is 110 Å². The summed E-state index contributed by atoms with van der Waals surface area (Å²) in [5.74, 6) is -2.60. The molecule has 3 unspecified atom stereocenters. The molecule has 21 heteroatoms. The molecular formula is C96H145N4NaO16. The van der Waals surface area contributed by atoms with E-state index in [0.29, 0.717) is 25.9 Å².